The standard InChI is InChI=1S/C13H24N2O3S/c1-5-15(13(2,3)11(16)17)12(18)14-9-7-6-8-10(9)19-4/h9-10H,5-8H2,1-4H3,(H,14,18)(H,16,17). The third kappa shape index (κ3) is 3.55. The van der Waals surface area contributed by atoms with Crippen LogP contribution >= 0.6 is 11.8 Å². The lowest BCUT2D eigenvalue weighted by molar-refractivity contribution is -0.147. The summed E-state index contributed by atoms with van der Waals surface area (Å²) in [5.41, 5.74) is -1.19. The summed E-state index contributed by atoms with van der Waals surface area (Å²) in [5, 5.41) is 12.7. The van der Waals surface area contributed by atoms with Crippen molar-refractivity contribution >= 4 is 23.8 Å². The number of amides is 2. The summed E-state index contributed by atoms with van der Waals surface area (Å²) in [5.74, 6) is -0.989. The molecule has 0 bridgehead atoms. The predicted molar refractivity (Wildman–Crippen MR) is 77.6 cm³/mol. The van der Waals surface area contributed by atoms with Crippen LogP contribution in [0.4, 0.5) is 4.79 Å². The van der Waals surface area contributed by atoms with Crippen molar-refractivity contribution in [2.24, 2.45) is 0 Å². The van der Waals surface area contributed by atoms with E-state index in [0.29, 0.717) is 11.8 Å². The van der Waals surface area contributed by atoms with Crippen LogP contribution in [0.5, 0.6) is 0 Å². The second-order valence-corrected chi connectivity index (χ2v) is 6.45. The van der Waals surface area contributed by atoms with Gasteiger partial charge in [-0.3, -0.25) is 0 Å². The van der Waals surface area contributed by atoms with E-state index in [1.165, 1.54) is 4.90 Å². The largest absolute Gasteiger partial charge is 0.480 e. The lowest BCUT2D eigenvalue weighted by Crippen LogP contribution is -2.58. The van der Waals surface area contributed by atoms with Crippen molar-refractivity contribution in [1.82, 2.24) is 10.2 Å². The maximum Gasteiger partial charge on any atom is 0.329 e. The van der Waals surface area contributed by atoms with Crippen molar-refractivity contribution in [1.29, 1.82) is 0 Å². The van der Waals surface area contributed by atoms with Gasteiger partial charge in [0.1, 0.15) is 5.54 Å². The van der Waals surface area contributed by atoms with Crippen molar-refractivity contribution < 1.29 is 14.7 Å². The molecule has 1 rings (SSSR count). The number of aliphatic carboxylic acids is 1. The molecule has 1 fully saturated rings. The average Bonchev–Trinajstić information content (AvgIpc) is 2.76. The molecule has 6 heteroatoms. The molecular formula is C13H24N2O3S. The van der Waals surface area contributed by atoms with E-state index in [0.717, 1.165) is 19.3 Å². The van der Waals surface area contributed by atoms with Gasteiger partial charge in [-0.1, -0.05) is 6.42 Å². The maximum atomic E-state index is 12.3. The Balaban J connectivity index is 2.72. The second-order valence-electron chi connectivity index (χ2n) is 5.37. The van der Waals surface area contributed by atoms with Crippen molar-refractivity contribution in [3.05, 3.63) is 0 Å². The van der Waals surface area contributed by atoms with Crippen molar-refractivity contribution in [2.75, 3.05) is 12.8 Å². The van der Waals surface area contributed by atoms with Gasteiger partial charge in [-0.2, -0.15) is 11.8 Å². The Morgan fingerprint density at radius 2 is 2.05 bits per heavy atom. The molecule has 0 saturated heterocycles. The number of carbonyl (C=O) groups is 2. The smallest absolute Gasteiger partial charge is 0.329 e. The van der Waals surface area contributed by atoms with Gasteiger partial charge < -0.3 is 15.3 Å². The molecule has 0 heterocycles. The molecule has 0 aromatic heterocycles. The summed E-state index contributed by atoms with van der Waals surface area (Å²) < 4.78 is 0. The van der Waals surface area contributed by atoms with E-state index < -0.39 is 11.5 Å². The van der Waals surface area contributed by atoms with Crippen molar-refractivity contribution in [3.63, 3.8) is 0 Å². The number of carbonyl (C=O) groups excluding carboxylic acids is 1. The lowest BCUT2D eigenvalue weighted by atomic mass is 10.0. The van der Waals surface area contributed by atoms with Crippen LogP contribution in [0.2, 0.25) is 0 Å². The molecule has 0 spiro atoms. The summed E-state index contributed by atoms with van der Waals surface area (Å²) in [4.78, 5) is 24.9. The van der Waals surface area contributed by atoms with Gasteiger partial charge >= 0.3 is 12.0 Å². The summed E-state index contributed by atoms with van der Waals surface area (Å²) in [6, 6.07) is -0.123. The molecule has 19 heavy (non-hydrogen) atoms. The number of nitrogens with one attached hydrogen (secondary N) is 1. The van der Waals surface area contributed by atoms with Crippen LogP contribution in [-0.2, 0) is 4.79 Å². The first-order valence-electron chi connectivity index (χ1n) is 6.68. The predicted octanol–water partition coefficient (Wildman–Crippen LogP) is 2.17. The zero-order valence-corrected chi connectivity index (χ0v) is 12.9. The van der Waals surface area contributed by atoms with E-state index in [4.69, 9.17) is 0 Å². The molecule has 2 atom stereocenters. The van der Waals surface area contributed by atoms with Crippen LogP contribution in [0.1, 0.15) is 40.0 Å². The van der Waals surface area contributed by atoms with Crippen LogP contribution < -0.4 is 5.32 Å². The normalized spacial score (nSPS) is 23.2. The molecular weight excluding hydrogens is 264 g/mol. The fourth-order valence-electron chi connectivity index (χ4n) is 2.52. The monoisotopic (exact) mass is 288 g/mol. The van der Waals surface area contributed by atoms with Gasteiger partial charge in [0.15, 0.2) is 0 Å². The van der Waals surface area contributed by atoms with Gasteiger partial charge in [0.05, 0.1) is 0 Å². The number of hydrogen-bond donors (Lipinski definition) is 2. The molecule has 5 nitrogen and oxygen atoms in total. The molecule has 1 saturated carbocycles. The van der Waals surface area contributed by atoms with Gasteiger partial charge in [0.2, 0.25) is 0 Å². The molecule has 0 aliphatic heterocycles. The summed E-state index contributed by atoms with van der Waals surface area (Å²) in [6.45, 7) is 5.28. The van der Waals surface area contributed by atoms with Gasteiger partial charge in [0, 0.05) is 17.8 Å². The first kappa shape index (κ1) is 16.1. The van der Waals surface area contributed by atoms with Crippen LogP contribution in [0, 0.1) is 0 Å². The third-order valence-electron chi connectivity index (χ3n) is 3.82. The highest BCUT2D eigenvalue weighted by Crippen LogP contribution is 2.28. The summed E-state index contributed by atoms with van der Waals surface area (Å²) in [7, 11) is 0. The number of likely N-dealkylation sites (N-methyl/N-ethyl adjacent to an activating group) is 1. The van der Waals surface area contributed by atoms with Crippen molar-refractivity contribution in [2.45, 2.75) is 56.9 Å². The van der Waals surface area contributed by atoms with E-state index in [-0.39, 0.29) is 12.1 Å². The van der Waals surface area contributed by atoms with Crippen molar-refractivity contribution in [3.8, 4) is 0 Å². The number of rotatable bonds is 5. The molecule has 0 aromatic rings. The molecule has 1 aliphatic carbocycles. The van der Waals surface area contributed by atoms with Crippen LogP contribution in [0.3, 0.4) is 0 Å². The topological polar surface area (TPSA) is 69.6 Å². The van der Waals surface area contributed by atoms with Crippen LogP contribution in [0.15, 0.2) is 0 Å². The van der Waals surface area contributed by atoms with E-state index in [1.807, 2.05) is 6.26 Å². The first-order chi connectivity index (χ1) is 8.84. The third-order valence-corrected chi connectivity index (χ3v) is 4.99. The van der Waals surface area contributed by atoms with E-state index in [2.05, 4.69) is 5.32 Å². The average molecular weight is 288 g/mol. The minimum absolute atomic E-state index is 0.154. The first-order valence-corrected chi connectivity index (χ1v) is 7.97. The molecule has 2 amide bonds. The molecule has 2 N–H and O–H groups in total. The quantitative estimate of drug-likeness (QED) is 0.813. The summed E-state index contributed by atoms with van der Waals surface area (Å²) >= 11 is 1.77. The maximum absolute atomic E-state index is 12.3. The number of urea groups is 1. The molecule has 110 valence electrons. The Morgan fingerprint density at radius 3 is 2.53 bits per heavy atom. The minimum atomic E-state index is -1.19. The Morgan fingerprint density at radius 1 is 1.42 bits per heavy atom. The molecule has 0 radical (unpaired) electrons. The summed E-state index contributed by atoms with van der Waals surface area (Å²) in [6.07, 6.45) is 5.25. The van der Waals surface area contributed by atoms with Gasteiger partial charge in [-0.05, 0) is 39.9 Å². The molecule has 2 unspecified atom stereocenters. The van der Waals surface area contributed by atoms with Gasteiger partial charge in [0.25, 0.3) is 0 Å². The zero-order valence-electron chi connectivity index (χ0n) is 12.1. The Labute approximate surface area is 119 Å². The highest BCUT2D eigenvalue weighted by molar-refractivity contribution is 7.99. The Bertz CT molecular complexity index is 347. The van der Waals surface area contributed by atoms with E-state index >= 15 is 0 Å². The van der Waals surface area contributed by atoms with Crippen LogP contribution in [0.25, 0.3) is 0 Å². The molecule has 0 aromatic carbocycles. The second kappa shape index (κ2) is 6.50. The van der Waals surface area contributed by atoms with E-state index in [9.17, 15) is 14.7 Å². The van der Waals surface area contributed by atoms with Crippen LogP contribution in [-0.4, -0.2) is 51.6 Å². The lowest BCUT2D eigenvalue weighted by Gasteiger charge is -2.35. The van der Waals surface area contributed by atoms with Gasteiger partial charge in [-0.25, -0.2) is 9.59 Å². The zero-order chi connectivity index (χ0) is 14.6. The fourth-order valence-corrected chi connectivity index (χ4v) is 3.45. The number of thioether (sulfide) groups is 1. The number of hydrogen-bond acceptors (Lipinski definition) is 3. The Hall–Kier alpha value is -0.910. The van der Waals surface area contributed by atoms with Gasteiger partial charge in [-0.15, -0.1) is 0 Å². The minimum Gasteiger partial charge on any atom is -0.480 e. The SMILES string of the molecule is CCN(C(=O)NC1CCCC1SC)C(C)(C)C(=O)O. The number of carboxylic acid groups (broad SMARTS) is 1. The fraction of sp³-hybridized carbons (Fsp3) is 0.846. The highest BCUT2D eigenvalue weighted by Gasteiger charge is 2.38. The van der Waals surface area contributed by atoms with E-state index in [1.54, 1.807) is 32.5 Å². The Kier molecular flexibility index (Phi) is 5.52. The highest BCUT2D eigenvalue weighted by atomic mass is 32.2. The number of carboxylic acids is 1. The molecule has 1 aliphatic rings. The number of nitrogens with zero attached hydrogens (tertiary/aromatic N) is 1.